The number of aromatic nitrogens is 1. The predicted molar refractivity (Wildman–Crippen MR) is 87.6 cm³/mol. The fourth-order valence-corrected chi connectivity index (χ4v) is 3.09. The predicted octanol–water partition coefficient (Wildman–Crippen LogP) is 4.26. The molecule has 6 heteroatoms. The first-order valence-corrected chi connectivity index (χ1v) is 7.67. The summed E-state index contributed by atoms with van der Waals surface area (Å²) in [6.45, 7) is 0.0974. The Kier molecular flexibility index (Phi) is 4.41. The van der Waals surface area contributed by atoms with E-state index in [2.05, 4.69) is 15.2 Å². The second-order valence-corrected chi connectivity index (χ2v) is 5.59. The highest BCUT2D eigenvalue weighted by atomic mass is 32.1. The van der Waals surface area contributed by atoms with Crippen molar-refractivity contribution in [2.45, 2.75) is 6.42 Å². The molecule has 1 heterocycles. The van der Waals surface area contributed by atoms with Crippen molar-refractivity contribution in [1.29, 1.82) is 0 Å². The van der Waals surface area contributed by atoms with Crippen LogP contribution in [-0.2, 0) is 6.42 Å². The molecule has 0 aliphatic heterocycles. The number of ether oxygens (including phenoxy) is 1. The summed E-state index contributed by atoms with van der Waals surface area (Å²) in [5.41, 5.74) is 2.58. The van der Waals surface area contributed by atoms with Crippen LogP contribution in [-0.4, -0.2) is 23.8 Å². The van der Waals surface area contributed by atoms with Gasteiger partial charge in [-0.3, -0.25) is 0 Å². The molecule has 5 nitrogen and oxygen atoms in total. The molecule has 22 heavy (non-hydrogen) atoms. The zero-order chi connectivity index (χ0) is 15.4. The molecular weight excluding hydrogens is 298 g/mol. The molecule has 0 fully saturated rings. The Balaban J connectivity index is 2.01. The molecule has 112 valence electrons. The molecule has 0 aliphatic carbocycles. The summed E-state index contributed by atoms with van der Waals surface area (Å²) in [4.78, 5) is 4.49. The molecule has 0 spiro atoms. The van der Waals surface area contributed by atoms with Gasteiger partial charge in [0.15, 0.2) is 0 Å². The normalized spacial score (nSPS) is 11.4. The van der Waals surface area contributed by atoms with Crippen LogP contribution in [0, 0.1) is 0 Å². The number of aliphatic hydroxyl groups excluding tert-OH is 1. The van der Waals surface area contributed by atoms with Crippen LogP contribution in [0.3, 0.4) is 0 Å². The van der Waals surface area contributed by atoms with Crippen molar-refractivity contribution in [3.8, 4) is 5.75 Å². The fraction of sp³-hybridized carbons (Fsp3) is 0.188. The van der Waals surface area contributed by atoms with E-state index < -0.39 is 0 Å². The summed E-state index contributed by atoms with van der Waals surface area (Å²) in [7, 11) is 1.62. The van der Waals surface area contributed by atoms with Crippen LogP contribution in [0.25, 0.3) is 10.2 Å². The van der Waals surface area contributed by atoms with Crippen molar-refractivity contribution in [3.63, 3.8) is 0 Å². The van der Waals surface area contributed by atoms with Crippen molar-refractivity contribution in [1.82, 2.24) is 4.98 Å². The molecule has 0 unspecified atom stereocenters. The van der Waals surface area contributed by atoms with Crippen LogP contribution in [0.15, 0.2) is 52.7 Å². The first-order chi connectivity index (χ1) is 10.8. The number of rotatable bonds is 5. The number of methoxy groups -OCH3 is 1. The molecule has 3 rings (SSSR count). The maximum Gasteiger partial charge on any atom is 0.231 e. The molecule has 0 saturated heterocycles. The summed E-state index contributed by atoms with van der Waals surface area (Å²) in [5, 5.41) is 18.1. The standard InChI is InChI=1S/C16H15N3O2S/c1-21-13-8-7-11(9-10-20)15-14(13)17-16(22-15)19-18-12-5-3-2-4-6-12/h2-8,20H,9-10H2,1H3/b19-18+. The number of azo groups is 1. The number of thiazole rings is 1. The molecule has 1 N–H and O–H groups in total. The maximum absolute atomic E-state index is 9.18. The molecule has 1 aromatic heterocycles. The monoisotopic (exact) mass is 313 g/mol. The Labute approximate surface area is 131 Å². The number of aliphatic hydroxyl groups is 1. The summed E-state index contributed by atoms with van der Waals surface area (Å²) in [5.74, 6) is 0.703. The lowest BCUT2D eigenvalue weighted by Gasteiger charge is -2.03. The Morgan fingerprint density at radius 1 is 1.14 bits per heavy atom. The molecule has 0 radical (unpaired) electrons. The number of nitrogens with zero attached hydrogens (tertiary/aromatic N) is 3. The lowest BCUT2D eigenvalue weighted by atomic mass is 10.1. The van der Waals surface area contributed by atoms with E-state index >= 15 is 0 Å². The van der Waals surface area contributed by atoms with E-state index in [-0.39, 0.29) is 6.61 Å². The van der Waals surface area contributed by atoms with E-state index in [9.17, 15) is 5.11 Å². The minimum absolute atomic E-state index is 0.0974. The van der Waals surface area contributed by atoms with Gasteiger partial charge in [-0.25, -0.2) is 4.98 Å². The molecule has 0 amide bonds. The molecule has 0 atom stereocenters. The maximum atomic E-state index is 9.18. The van der Waals surface area contributed by atoms with Gasteiger partial charge in [-0.2, -0.15) is 0 Å². The molecule has 0 bridgehead atoms. The van der Waals surface area contributed by atoms with Gasteiger partial charge in [0.2, 0.25) is 5.13 Å². The van der Waals surface area contributed by atoms with Crippen molar-refractivity contribution in [3.05, 3.63) is 48.0 Å². The van der Waals surface area contributed by atoms with Gasteiger partial charge in [-0.15, -0.1) is 10.2 Å². The first-order valence-electron chi connectivity index (χ1n) is 6.86. The fourth-order valence-electron chi connectivity index (χ4n) is 2.14. The Bertz CT molecular complexity index is 800. The van der Waals surface area contributed by atoms with Gasteiger partial charge >= 0.3 is 0 Å². The highest BCUT2D eigenvalue weighted by molar-refractivity contribution is 7.22. The molecular formula is C16H15N3O2S. The third-order valence-electron chi connectivity index (χ3n) is 3.19. The quantitative estimate of drug-likeness (QED) is 0.716. The van der Waals surface area contributed by atoms with Crippen LogP contribution < -0.4 is 4.74 Å². The van der Waals surface area contributed by atoms with E-state index in [1.165, 1.54) is 11.3 Å². The lowest BCUT2D eigenvalue weighted by Crippen LogP contribution is -1.92. The van der Waals surface area contributed by atoms with Crippen LogP contribution in [0.5, 0.6) is 5.75 Å². The zero-order valence-corrected chi connectivity index (χ0v) is 12.9. The first kappa shape index (κ1) is 14.6. The lowest BCUT2D eigenvalue weighted by molar-refractivity contribution is 0.300. The van der Waals surface area contributed by atoms with Gasteiger partial charge in [0, 0.05) is 6.61 Å². The van der Waals surface area contributed by atoms with Gasteiger partial charge in [0.05, 0.1) is 17.5 Å². The van der Waals surface area contributed by atoms with Gasteiger partial charge in [0.25, 0.3) is 0 Å². The minimum Gasteiger partial charge on any atom is -0.494 e. The highest BCUT2D eigenvalue weighted by Gasteiger charge is 2.12. The topological polar surface area (TPSA) is 67.1 Å². The third kappa shape index (κ3) is 2.98. The van der Waals surface area contributed by atoms with Crippen LogP contribution in [0.2, 0.25) is 0 Å². The SMILES string of the molecule is COc1ccc(CCO)c2sc(/N=N/c3ccccc3)nc12. The van der Waals surface area contributed by atoms with E-state index in [1.807, 2.05) is 42.5 Å². The number of hydrogen-bond donors (Lipinski definition) is 1. The number of fused-ring (bicyclic) bond motifs is 1. The van der Waals surface area contributed by atoms with E-state index in [4.69, 9.17) is 4.74 Å². The molecule has 3 aromatic rings. The van der Waals surface area contributed by atoms with Crippen molar-refractivity contribution >= 4 is 32.4 Å². The second kappa shape index (κ2) is 6.64. The number of hydrogen-bond acceptors (Lipinski definition) is 6. The molecule has 2 aromatic carbocycles. The largest absolute Gasteiger partial charge is 0.494 e. The Hall–Kier alpha value is -2.31. The van der Waals surface area contributed by atoms with E-state index in [0.29, 0.717) is 17.3 Å². The summed E-state index contributed by atoms with van der Waals surface area (Å²) in [6, 6.07) is 13.3. The summed E-state index contributed by atoms with van der Waals surface area (Å²) < 4.78 is 6.33. The van der Waals surface area contributed by atoms with Crippen LogP contribution in [0.4, 0.5) is 10.8 Å². The minimum atomic E-state index is 0.0974. The van der Waals surface area contributed by atoms with Crippen LogP contribution in [0.1, 0.15) is 5.56 Å². The van der Waals surface area contributed by atoms with Crippen molar-refractivity contribution in [2.24, 2.45) is 10.2 Å². The number of benzene rings is 2. The zero-order valence-electron chi connectivity index (χ0n) is 12.1. The third-order valence-corrected chi connectivity index (χ3v) is 4.20. The summed E-state index contributed by atoms with van der Waals surface area (Å²) in [6.07, 6.45) is 0.581. The molecule has 0 aliphatic rings. The smallest absolute Gasteiger partial charge is 0.231 e. The van der Waals surface area contributed by atoms with Crippen molar-refractivity contribution < 1.29 is 9.84 Å². The molecule has 0 saturated carbocycles. The van der Waals surface area contributed by atoms with Crippen molar-refractivity contribution in [2.75, 3.05) is 13.7 Å². The van der Waals surface area contributed by atoms with E-state index in [1.54, 1.807) is 7.11 Å². The van der Waals surface area contributed by atoms with Gasteiger partial charge in [0.1, 0.15) is 11.3 Å². The van der Waals surface area contributed by atoms with Gasteiger partial charge < -0.3 is 9.84 Å². The van der Waals surface area contributed by atoms with Gasteiger partial charge in [-0.1, -0.05) is 35.6 Å². The average molecular weight is 313 g/mol. The van der Waals surface area contributed by atoms with E-state index in [0.717, 1.165) is 21.5 Å². The Morgan fingerprint density at radius 3 is 2.68 bits per heavy atom. The second-order valence-electron chi connectivity index (χ2n) is 4.61. The van der Waals surface area contributed by atoms with Crippen LogP contribution >= 0.6 is 11.3 Å². The highest BCUT2D eigenvalue weighted by Crippen LogP contribution is 2.37. The van der Waals surface area contributed by atoms with Gasteiger partial charge in [-0.05, 0) is 30.2 Å². The Morgan fingerprint density at radius 2 is 1.95 bits per heavy atom. The summed E-state index contributed by atoms with van der Waals surface area (Å²) >= 11 is 1.45. The average Bonchev–Trinajstić information content (AvgIpc) is 2.99.